The molecule has 0 N–H and O–H groups in total. The molecule has 0 atom stereocenters. The summed E-state index contributed by atoms with van der Waals surface area (Å²) >= 11 is 1.26. The van der Waals surface area contributed by atoms with E-state index in [4.69, 9.17) is 19.2 Å². The smallest absolute Gasteiger partial charge is 0.484 e. The lowest BCUT2D eigenvalue weighted by atomic mass is 9.94. The van der Waals surface area contributed by atoms with Gasteiger partial charge in [-0.25, -0.2) is 19.1 Å². The standard InChI is InChI=1S/C28H33F3N4O5S/c1-3-38-27(37)39-16-15-34(20-9-5-4-6-10-20)26(36)35-23-12-8-7-11-21(23)33-25(35)41-17-22-19(2)24(13-14-32-22)40-18-28(29,30)31/h7-8,11-14,20H,3-6,9-10,15-18H2,1-2H3. The van der Waals surface area contributed by atoms with Gasteiger partial charge in [-0.3, -0.25) is 4.98 Å². The number of rotatable bonds is 10. The van der Waals surface area contributed by atoms with E-state index in [9.17, 15) is 22.8 Å². The summed E-state index contributed by atoms with van der Waals surface area (Å²) < 4.78 is 54.6. The third kappa shape index (κ3) is 8.05. The van der Waals surface area contributed by atoms with Crippen molar-refractivity contribution in [2.75, 3.05) is 26.4 Å². The van der Waals surface area contributed by atoms with Gasteiger partial charge in [0, 0.05) is 23.6 Å². The number of halogens is 3. The number of para-hydroxylation sites is 2. The number of alkyl halides is 3. The molecule has 222 valence electrons. The van der Waals surface area contributed by atoms with E-state index in [1.54, 1.807) is 23.3 Å². The van der Waals surface area contributed by atoms with Crippen molar-refractivity contribution >= 4 is 35.0 Å². The maximum Gasteiger partial charge on any atom is 0.508 e. The summed E-state index contributed by atoms with van der Waals surface area (Å²) in [6.45, 7) is 2.31. The van der Waals surface area contributed by atoms with E-state index >= 15 is 0 Å². The number of pyridine rings is 1. The molecule has 2 heterocycles. The molecular weight excluding hydrogens is 561 g/mol. The molecule has 2 aromatic heterocycles. The van der Waals surface area contributed by atoms with Crippen molar-refractivity contribution in [3.63, 3.8) is 0 Å². The van der Waals surface area contributed by atoms with Crippen molar-refractivity contribution in [2.24, 2.45) is 0 Å². The number of nitrogens with zero attached hydrogens (tertiary/aromatic N) is 4. The van der Waals surface area contributed by atoms with Crippen molar-refractivity contribution in [2.45, 2.75) is 69.1 Å². The van der Waals surface area contributed by atoms with Crippen molar-refractivity contribution in [3.05, 3.63) is 47.8 Å². The molecule has 1 fully saturated rings. The highest BCUT2D eigenvalue weighted by Crippen LogP contribution is 2.31. The van der Waals surface area contributed by atoms with Crippen molar-refractivity contribution in [1.82, 2.24) is 19.4 Å². The number of hydrogen-bond donors (Lipinski definition) is 0. The minimum absolute atomic E-state index is 0.00991. The van der Waals surface area contributed by atoms with Gasteiger partial charge in [0.05, 0.1) is 29.9 Å². The predicted octanol–water partition coefficient (Wildman–Crippen LogP) is 6.75. The van der Waals surface area contributed by atoms with Crippen LogP contribution in [0.5, 0.6) is 5.75 Å². The highest BCUT2D eigenvalue weighted by atomic mass is 32.2. The van der Waals surface area contributed by atoms with E-state index in [-0.39, 0.29) is 43.3 Å². The largest absolute Gasteiger partial charge is 0.508 e. The van der Waals surface area contributed by atoms with Gasteiger partial charge in [-0.05, 0) is 44.9 Å². The van der Waals surface area contributed by atoms with Crippen LogP contribution in [-0.2, 0) is 15.2 Å². The number of amides is 1. The van der Waals surface area contributed by atoms with Gasteiger partial charge in [-0.2, -0.15) is 13.2 Å². The van der Waals surface area contributed by atoms with Gasteiger partial charge in [0.15, 0.2) is 11.8 Å². The topological polar surface area (TPSA) is 95.8 Å². The molecule has 1 saturated carbocycles. The number of carbonyl (C=O) groups excluding carboxylic acids is 2. The van der Waals surface area contributed by atoms with Crippen molar-refractivity contribution < 1.29 is 37.0 Å². The van der Waals surface area contributed by atoms with Crippen LogP contribution in [0.15, 0.2) is 41.7 Å². The van der Waals surface area contributed by atoms with Gasteiger partial charge in [0.1, 0.15) is 12.4 Å². The molecule has 1 aliphatic rings. The molecule has 0 aliphatic heterocycles. The monoisotopic (exact) mass is 594 g/mol. The third-order valence-electron chi connectivity index (χ3n) is 6.78. The summed E-state index contributed by atoms with van der Waals surface area (Å²) in [4.78, 5) is 36.7. The zero-order chi connectivity index (χ0) is 29.4. The first-order valence-electron chi connectivity index (χ1n) is 13.5. The fourth-order valence-corrected chi connectivity index (χ4v) is 5.81. The number of aromatic nitrogens is 3. The molecular formula is C28H33F3N4O5S. The van der Waals surface area contributed by atoms with E-state index in [0.717, 1.165) is 32.1 Å². The van der Waals surface area contributed by atoms with Gasteiger partial charge in [0.2, 0.25) is 0 Å². The quantitative estimate of drug-likeness (QED) is 0.188. The average molecular weight is 595 g/mol. The molecule has 9 nitrogen and oxygen atoms in total. The molecule has 13 heteroatoms. The van der Waals surface area contributed by atoms with Gasteiger partial charge in [-0.15, -0.1) is 0 Å². The number of carbonyl (C=O) groups is 2. The molecule has 0 unspecified atom stereocenters. The molecule has 41 heavy (non-hydrogen) atoms. The number of benzene rings is 1. The van der Waals surface area contributed by atoms with Gasteiger partial charge < -0.3 is 19.1 Å². The van der Waals surface area contributed by atoms with Crippen LogP contribution >= 0.6 is 11.8 Å². The lowest BCUT2D eigenvalue weighted by Crippen LogP contribution is -2.45. The summed E-state index contributed by atoms with van der Waals surface area (Å²) in [5.74, 6) is 0.351. The van der Waals surface area contributed by atoms with Gasteiger partial charge in [-0.1, -0.05) is 43.2 Å². The first-order chi connectivity index (χ1) is 19.7. The van der Waals surface area contributed by atoms with E-state index in [1.165, 1.54) is 24.0 Å². The van der Waals surface area contributed by atoms with E-state index < -0.39 is 18.9 Å². The fraction of sp³-hybridized carbons (Fsp3) is 0.500. The second-order valence-corrected chi connectivity index (χ2v) is 10.5. The summed E-state index contributed by atoms with van der Waals surface area (Å²) in [7, 11) is 0. The Hall–Kier alpha value is -3.48. The Morgan fingerprint density at radius 2 is 1.88 bits per heavy atom. The molecule has 0 radical (unpaired) electrons. The Morgan fingerprint density at radius 3 is 2.61 bits per heavy atom. The first-order valence-corrected chi connectivity index (χ1v) is 14.5. The second-order valence-electron chi connectivity index (χ2n) is 9.59. The Balaban J connectivity index is 1.59. The lowest BCUT2D eigenvalue weighted by molar-refractivity contribution is -0.153. The van der Waals surface area contributed by atoms with Gasteiger partial charge >= 0.3 is 18.4 Å². The van der Waals surface area contributed by atoms with Crippen molar-refractivity contribution in [1.29, 1.82) is 0 Å². The lowest BCUT2D eigenvalue weighted by Gasteiger charge is -2.34. The van der Waals surface area contributed by atoms with Crippen LogP contribution in [-0.4, -0.2) is 70.2 Å². The number of imidazole rings is 1. The Bertz CT molecular complexity index is 1340. The van der Waals surface area contributed by atoms with Crippen LogP contribution in [0.3, 0.4) is 0 Å². The summed E-state index contributed by atoms with van der Waals surface area (Å²) in [5, 5.41) is 0.422. The number of fused-ring (bicyclic) bond motifs is 1. The van der Waals surface area contributed by atoms with E-state index in [1.807, 2.05) is 24.3 Å². The molecule has 4 rings (SSSR count). The number of hydrogen-bond acceptors (Lipinski definition) is 8. The van der Waals surface area contributed by atoms with Crippen LogP contribution in [0.25, 0.3) is 11.0 Å². The SMILES string of the molecule is CCOC(=O)OCCN(C(=O)n1c(SCc2nccc(OCC(F)(F)F)c2C)nc2ccccc21)C1CCCCC1. The van der Waals surface area contributed by atoms with Crippen LogP contribution in [0.2, 0.25) is 0 Å². The van der Waals surface area contributed by atoms with E-state index in [2.05, 4.69) is 4.98 Å². The van der Waals surface area contributed by atoms with Crippen LogP contribution in [0, 0.1) is 6.92 Å². The van der Waals surface area contributed by atoms with Crippen LogP contribution < -0.4 is 4.74 Å². The molecule has 1 aromatic carbocycles. The minimum Gasteiger partial charge on any atom is -0.484 e. The molecule has 0 bridgehead atoms. The Morgan fingerprint density at radius 1 is 1.12 bits per heavy atom. The second kappa shape index (κ2) is 13.9. The Kier molecular flexibility index (Phi) is 10.4. The predicted molar refractivity (Wildman–Crippen MR) is 147 cm³/mol. The zero-order valence-corrected chi connectivity index (χ0v) is 23.8. The summed E-state index contributed by atoms with van der Waals surface area (Å²) in [6.07, 6.45) is 0.942. The highest BCUT2D eigenvalue weighted by Gasteiger charge is 2.31. The maximum absolute atomic E-state index is 14.2. The summed E-state index contributed by atoms with van der Waals surface area (Å²) in [6, 6.07) is 8.37. The number of thioether (sulfide) groups is 1. The summed E-state index contributed by atoms with van der Waals surface area (Å²) in [5.41, 5.74) is 2.26. The molecule has 1 amide bonds. The molecule has 3 aromatic rings. The normalized spacial score (nSPS) is 14.2. The molecule has 0 saturated heterocycles. The first kappa shape index (κ1) is 30.5. The molecule has 0 spiro atoms. The van der Waals surface area contributed by atoms with Crippen LogP contribution in [0.1, 0.15) is 50.3 Å². The Labute approximate surface area is 240 Å². The average Bonchev–Trinajstić information content (AvgIpc) is 3.32. The zero-order valence-electron chi connectivity index (χ0n) is 23.0. The maximum atomic E-state index is 14.2. The van der Waals surface area contributed by atoms with E-state index in [0.29, 0.717) is 27.4 Å². The minimum atomic E-state index is -4.46. The van der Waals surface area contributed by atoms with Gasteiger partial charge in [0.25, 0.3) is 0 Å². The highest BCUT2D eigenvalue weighted by molar-refractivity contribution is 7.98. The fourth-order valence-electron chi connectivity index (χ4n) is 4.78. The van der Waals surface area contributed by atoms with Crippen molar-refractivity contribution in [3.8, 4) is 5.75 Å². The third-order valence-corrected chi connectivity index (χ3v) is 7.73. The van der Waals surface area contributed by atoms with Crippen LogP contribution in [0.4, 0.5) is 22.8 Å². The number of ether oxygens (including phenoxy) is 3. The molecule has 1 aliphatic carbocycles.